The minimum atomic E-state index is -0.155. The highest BCUT2D eigenvalue weighted by Gasteiger charge is 2.10. The number of hydrogen-bond acceptors (Lipinski definition) is 2. The second-order valence-electron chi connectivity index (χ2n) is 3.28. The van der Waals surface area contributed by atoms with Gasteiger partial charge in [-0.1, -0.05) is 19.1 Å². The predicted molar refractivity (Wildman–Crippen MR) is 56.9 cm³/mol. The Morgan fingerprint density at radius 3 is 3.00 bits per heavy atom. The first kappa shape index (κ1) is 10.6. The fourth-order valence-corrected chi connectivity index (χ4v) is 1.04. The minimum absolute atomic E-state index is 0.155. The number of hydrogen-bond donors (Lipinski definition) is 2. The van der Waals surface area contributed by atoms with Crippen LogP contribution in [0.15, 0.2) is 18.2 Å². The monoisotopic (exact) mass is 191 g/mol. The number of nitrogens with two attached hydrogens (primary N) is 1. The molecule has 3 heteroatoms. The van der Waals surface area contributed by atoms with Crippen LogP contribution in [0.25, 0.3) is 0 Å². The molecular weight excluding hydrogens is 176 g/mol. The Morgan fingerprint density at radius 1 is 1.71 bits per heavy atom. The van der Waals surface area contributed by atoms with Gasteiger partial charge >= 0.3 is 0 Å². The van der Waals surface area contributed by atoms with Gasteiger partial charge in [-0.15, -0.1) is 0 Å². The summed E-state index contributed by atoms with van der Waals surface area (Å²) >= 11 is 0. The van der Waals surface area contributed by atoms with Gasteiger partial charge in [-0.3, -0.25) is 4.79 Å². The molecule has 0 aromatic heterocycles. The highest BCUT2D eigenvalue weighted by Crippen LogP contribution is 2.09. The quantitative estimate of drug-likeness (QED) is 0.713. The van der Waals surface area contributed by atoms with E-state index in [1.165, 1.54) is 0 Å². The van der Waals surface area contributed by atoms with Crippen molar-refractivity contribution in [2.24, 2.45) is 0 Å². The van der Waals surface area contributed by atoms with Gasteiger partial charge in [-0.05, 0) is 25.5 Å². The highest BCUT2D eigenvalue weighted by molar-refractivity contribution is 5.98. The summed E-state index contributed by atoms with van der Waals surface area (Å²) in [5, 5.41) is 2.84. The molecule has 0 aliphatic rings. The molecule has 0 unspecified atom stereocenters. The zero-order valence-corrected chi connectivity index (χ0v) is 8.50. The maximum absolute atomic E-state index is 11.6. The molecule has 75 valence electrons. The number of benzene rings is 1. The molecule has 1 radical (unpaired) electrons. The first-order chi connectivity index (χ1) is 6.65. The van der Waals surface area contributed by atoms with Crippen LogP contribution in [0.2, 0.25) is 0 Å². The Balaban J connectivity index is 2.75. The largest absolute Gasteiger partial charge is 0.398 e. The van der Waals surface area contributed by atoms with Crippen LogP contribution in [0.1, 0.15) is 30.6 Å². The summed E-state index contributed by atoms with van der Waals surface area (Å²) in [4.78, 5) is 11.6. The SMILES string of the molecule is CC[C@H](C)NC(=O)c1[c]cccc1N. The topological polar surface area (TPSA) is 55.1 Å². The summed E-state index contributed by atoms with van der Waals surface area (Å²) in [5.41, 5.74) is 6.54. The lowest BCUT2D eigenvalue weighted by atomic mass is 10.1. The van der Waals surface area contributed by atoms with E-state index in [4.69, 9.17) is 5.73 Å². The van der Waals surface area contributed by atoms with Crippen LogP contribution >= 0.6 is 0 Å². The summed E-state index contributed by atoms with van der Waals surface area (Å²) in [6.45, 7) is 3.97. The average Bonchev–Trinajstić information content (AvgIpc) is 2.18. The summed E-state index contributed by atoms with van der Waals surface area (Å²) in [6, 6.07) is 8.13. The Kier molecular flexibility index (Phi) is 3.51. The van der Waals surface area contributed by atoms with E-state index in [0.29, 0.717) is 11.3 Å². The standard InChI is InChI=1S/C11H15N2O/c1-3-8(2)13-11(14)9-6-4-5-7-10(9)12/h4-5,7-8H,3,12H2,1-2H3,(H,13,14)/t8-/m0/s1. The molecule has 0 saturated heterocycles. The lowest BCUT2D eigenvalue weighted by Gasteiger charge is -2.11. The first-order valence-electron chi connectivity index (χ1n) is 4.72. The van der Waals surface area contributed by atoms with Gasteiger partial charge in [0.1, 0.15) is 0 Å². The number of nitrogens with one attached hydrogen (secondary N) is 1. The van der Waals surface area contributed by atoms with Crippen LogP contribution in [-0.2, 0) is 0 Å². The smallest absolute Gasteiger partial charge is 0.254 e. The van der Waals surface area contributed by atoms with Crippen LogP contribution in [0.4, 0.5) is 5.69 Å². The summed E-state index contributed by atoms with van der Waals surface area (Å²) in [6.07, 6.45) is 0.901. The van der Waals surface area contributed by atoms with Crippen molar-refractivity contribution >= 4 is 11.6 Å². The van der Waals surface area contributed by atoms with Crippen LogP contribution in [0, 0.1) is 6.07 Å². The highest BCUT2D eigenvalue weighted by atomic mass is 16.1. The van der Waals surface area contributed by atoms with Crippen molar-refractivity contribution in [2.75, 3.05) is 5.73 Å². The molecule has 0 aliphatic carbocycles. The van der Waals surface area contributed by atoms with Gasteiger partial charge in [-0.25, -0.2) is 0 Å². The van der Waals surface area contributed by atoms with E-state index in [9.17, 15) is 4.79 Å². The molecule has 1 rings (SSSR count). The van der Waals surface area contributed by atoms with Gasteiger partial charge < -0.3 is 11.1 Å². The molecule has 3 nitrogen and oxygen atoms in total. The number of carbonyl (C=O) groups excluding carboxylic acids is 1. The maximum atomic E-state index is 11.6. The molecule has 1 amide bonds. The van der Waals surface area contributed by atoms with Crippen LogP contribution in [0.3, 0.4) is 0 Å². The van der Waals surface area contributed by atoms with Crippen molar-refractivity contribution in [3.63, 3.8) is 0 Å². The van der Waals surface area contributed by atoms with Crippen molar-refractivity contribution in [3.05, 3.63) is 29.8 Å². The van der Waals surface area contributed by atoms with E-state index >= 15 is 0 Å². The second-order valence-corrected chi connectivity index (χ2v) is 3.28. The fraction of sp³-hybridized carbons (Fsp3) is 0.364. The molecule has 1 atom stereocenters. The molecule has 1 aromatic carbocycles. The lowest BCUT2D eigenvalue weighted by Crippen LogP contribution is -2.32. The maximum Gasteiger partial charge on any atom is 0.254 e. The third kappa shape index (κ3) is 2.49. The number of amides is 1. The van der Waals surface area contributed by atoms with Gasteiger partial charge in [-0.2, -0.15) is 0 Å². The third-order valence-corrected chi connectivity index (χ3v) is 2.11. The van der Waals surface area contributed by atoms with Gasteiger partial charge in [0.25, 0.3) is 5.91 Å². The Labute approximate surface area is 84.3 Å². The third-order valence-electron chi connectivity index (χ3n) is 2.11. The van der Waals surface area contributed by atoms with Crippen molar-refractivity contribution < 1.29 is 4.79 Å². The minimum Gasteiger partial charge on any atom is -0.398 e. The summed E-state index contributed by atoms with van der Waals surface area (Å²) < 4.78 is 0. The van der Waals surface area contributed by atoms with Crippen molar-refractivity contribution in [2.45, 2.75) is 26.3 Å². The Bertz CT molecular complexity index is 323. The van der Waals surface area contributed by atoms with Crippen LogP contribution in [-0.4, -0.2) is 11.9 Å². The van der Waals surface area contributed by atoms with Crippen molar-refractivity contribution in [3.8, 4) is 0 Å². The van der Waals surface area contributed by atoms with E-state index in [1.807, 2.05) is 13.8 Å². The first-order valence-corrected chi connectivity index (χ1v) is 4.72. The van der Waals surface area contributed by atoms with Crippen molar-refractivity contribution in [1.82, 2.24) is 5.32 Å². The molecule has 14 heavy (non-hydrogen) atoms. The van der Waals surface area contributed by atoms with Crippen LogP contribution in [0.5, 0.6) is 0 Å². The number of carbonyl (C=O) groups is 1. The number of nitrogen functional groups attached to an aromatic ring is 1. The molecule has 0 heterocycles. The molecule has 0 spiro atoms. The Hall–Kier alpha value is -1.51. The number of rotatable bonds is 3. The van der Waals surface area contributed by atoms with Gasteiger partial charge in [0.15, 0.2) is 0 Å². The van der Waals surface area contributed by atoms with Crippen LogP contribution < -0.4 is 11.1 Å². The lowest BCUT2D eigenvalue weighted by molar-refractivity contribution is 0.0940. The van der Waals surface area contributed by atoms with Gasteiger partial charge in [0.05, 0.1) is 5.56 Å². The van der Waals surface area contributed by atoms with E-state index in [2.05, 4.69) is 11.4 Å². The normalized spacial score (nSPS) is 12.1. The molecular formula is C11H15N2O. The molecule has 0 fully saturated rings. The molecule has 0 bridgehead atoms. The van der Waals surface area contributed by atoms with Gasteiger partial charge in [0.2, 0.25) is 0 Å². The molecule has 1 aromatic rings. The Morgan fingerprint density at radius 2 is 2.43 bits per heavy atom. The molecule has 0 saturated carbocycles. The zero-order valence-electron chi connectivity index (χ0n) is 8.50. The average molecular weight is 191 g/mol. The van der Waals surface area contributed by atoms with E-state index in [-0.39, 0.29) is 11.9 Å². The second kappa shape index (κ2) is 4.65. The van der Waals surface area contributed by atoms with Gasteiger partial charge in [0, 0.05) is 11.7 Å². The van der Waals surface area contributed by atoms with E-state index in [0.717, 1.165) is 6.42 Å². The van der Waals surface area contributed by atoms with Crippen molar-refractivity contribution in [1.29, 1.82) is 0 Å². The molecule has 0 aliphatic heterocycles. The van der Waals surface area contributed by atoms with E-state index < -0.39 is 0 Å². The fourth-order valence-electron chi connectivity index (χ4n) is 1.04. The zero-order chi connectivity index (χ0) is 10.6. The number of anilines is 1. The predicted octanol–water partition coefficient (Wildman–Crippen LogP) is 1.60. The summed E-state index contributed by atoms with van der Waals surface area (Å²) in [5.74, 6) is -0.155. The molecule has 3 N–H and O–H groups in total. The summed E-state index contributed by atoms with van der Waals surface area (Å²) in [7, 11) is 0. The van der Waals surface area contributed by atoms with E-state index in [1.54, 1.807) is 18.2 Å².